The second kappa shape index (κ2) is 7.15. The summed E-state index contributed by atoms with van der Waals surface area (Å²) in [6, 6.07) is 3.61. The van der Waals surface area contributed by atoms with Crippen molar-refractivity contribution in [2.45, 2.75) is 26.3 Å². The smallest absolute Gasteiger partial charge is 0.291 e. The van der Waals surface area contributed by atoms with Crippen molar-refractivity contribution in [1.82, 2.24) is 19.9 Å². The monoisotopic (exact) mass is 356 g/mol. The van der Waals surface area contributed by atoms with Crippen molar-refractivity contribution in [1.29, 1.82) is 0 Å². The molecule has 1 atom stereocenters. The number of aryl methyl sites for hydroxylation is 1. The number of aromatic nitrogens is 3. The lowest BCUT2D eigenvalue weighted by Gasteiger charge is -2.22. The van der Waals surface area contributed by atoms with E-state index in [0.29, 0.717) is 0 Å². The van der Waals surface area contributed by atoms with Crippen LogP contribution >= 0.6 is 0 Å². The molecule has 26 heavy (non-hydrogen) atoms. The molecule has 1 fully saturated rings. The molecule has 1 saturated heterocycles. The maximum atomic E-state index is 12.3. The zero-order valence-corrected chi connectivity index (χ0v) is 15.5. The van der Waals surface area contributed by atoms with Crippen LogP contribution in [0.3, 0.4) is 0 Å². The van der Waals surface area contributed by atoms with Gasteiger partial charge in [0.1, 0.15) is 5.82 Å². The molecule has 1 aliphatic rings. The molecule has 1 amide bonds. The third-order valence-corrected chi connectivity index (χ3v) is 4.59. The number of amides is 1. The van der Waals surface area contributed by atoms with Crippen molar-refractivity contribution in [3.05, 3.63) is 45.8 Å². The number of H-pyrrole nitrogens is 1. The lowest BCUT2D eigenvalue weighted by molar-refractivity contribution is 0.0815. The Morgan fingerprint density at radius 2 is 2.12 bits per heavy atom. The summed E-state index contributed by atoms with van der Waals surface area (Å²) in [5.41, 5.74) is 2.47. The van der Waals surface area contributed by atoms with E-state index in [1.165, 1.54) is 4.90 Å². The zero-order valence-electron chi connectivity index (χ0n) is 15.5. The van der Waals surface area contributed by atoms with E-state index in [9.17, 15) is 9.59 Å². The highest BCUT2D eigenvalue weighted by Gasteiger charge is 2.26. The van der Waals surface area contributed by atoms with Crippen LogP contribution in [0, 0.1) is 13.8 Å². The fourth-order valence-electron chi connectivity index (χ4n) is 3.06. The number of carbonyl (C=O) groups is 1. The van der Waals surface area contributed by atoms with Crippen LogP contribution in [0.2, 0.25) is 0 Å². The van der Waals surface area contributed by atoms with Gasteiger partial charge in [0.2, 0.25) is 11.4 Å². The number of anilines is 2. The van der Waals surface area contributed by atoms with Crippen molar-refractivity contribution in [3.8, 4) is 0 Å². The molecule has 1 aliphatic heterocycles. The third-order valence-electron chi connectivity index (χ3n) is 4.59. The second-order valence-electron chi connectivity index (χ2n) is 6.80. The molecule has 3 rings (SSSR count). The van der Waals surface area contributed by atoms with E-state index in [-0.39, 0.29) is 23.3 Å². The van der Waals surface area contributed by atoms with E-state index in [4.69, 9.17) is 0 Å². The number of carbonyl (C=O) groups excluding carboxylic acids is 1. The first-order valence-electron chi connectivity index (χ1n) is 8.62. The maximum absolute atomic E-state index is 12.3. The summed E-state index contributed by atoms with van der Waals surface area (Å²) >= 11 is 0. The van der Waals surface area contributed by atoms with Crippen molar-refractivity contribution in [2.24, 2.45) is 0 Å². The molecule has 0 radical (unpaired) electrons. The highest BCUT2D eigenvalue weighted by Crippen LogP contribution is 2.25. The highest BCUT2D eigenvalue weighted by molar-refractivity contribution is 5.90. The van der Waals surface area contributed by atoms with Gasteiger partial charge in [0, 0.05) is 62.4 Å². The Morgan fingerprint density at radius 1 is 1.35 bits per heavy atom. The predicted octanol–water partition coefficient (Wildman–Crippen LogP) is 1.17. The first-order chi connectivity index (χ1) is 12.3. The van der Waals surface area contributed by atoms with Crippen LogP contribution < -0.4 is 15.8 Å². The van der Waals surface area contributed by atoms with Gasteiger partial charge in [-0.1, -0.05) is 0 Å². The summed E-state index contributed by atoms with van der Waals surface area (Å²) in [5, 5.41) is 3.39. The molecule has 0 aliphatic carbocycles. The number of aromatic amines is 1. The molecule has 2 N–H and O–H groups in total. The Morgan fingerprint density at radius 3 is 2.81 bits per heavy atom. The van der Waals surface area contributed by atoms with Gasteiger partial charge in [-0.15, -0.1) is 0 Å². The van der Waals surface area contributed by atoms with E-state index >= 15 is 0 Å². The van der Waals surface area contributed by atoms with Crippen LogP contribution in [0.25, 0.3) is 0 Å². The van der Waals surface area contributed by atoms with Crippen molar-refractivity contribution < 1.29 is 4.79 Å². The quantitative estimate of drug-likeness (QED) is 0.854. The number of rotatable bonds is 4. The molecule has 8 nitrogen and oxygen atoms in total. The molecule has 138 valence electrons. The molecule has 0 unspecified atom stereocenters. The van der Waals surface area contributed by atoms with Crippen molar-refractivity contribution in [3.63, 3.8) is 0 Å². The van der Waals surface area contributed by atoms with E-state index in [1.807, 2.05) is 19.9 Å². The van der Waals surface area contributed by atoms with Gasteiger partial charge >= 0.3 is 0 Å². The molecule has 3 heterocycles. The Kier molecular flexibility index (Phi) is 4.92. The Bertz CT molecular complexity index is 876. The molecule has 2 aromatic heterocycles. The fourth-order valence-corrected chi connectivity index (χ4v) is 3.06. The van der Waals surface area contributed by atoms with Crippen LogP contribution in [0.5, 0.6) is 0 Å². The molecule has 0 spiro atoms. The van der Waals surface area contributed by atoms with Crippen molar-refractivity contribution in [2.75, 3.05) is 37.4 Å². The van der Waals surface area contributed by atoms with Crippen molar-refractivity contribution >= 4 is 17.4 Å². The van der Waals surface area contributed by atoms with Gasteiger partial charge in [-0.2, -0.15) is 0 Å². The largest absolute Gasteiger partial charge is 0.380 e. The van der Waals surface area contributed by atoms with Crippen LogP contribution in [-0.2, 0) is 0 Å². The van der Waals surface area contributed by atoms with E-state index in [2.05, 4.69) is 25.2 Å². The summed E-state index contributed by atoms with van der Waals surface area (Å²) in [7, 11) is 3.38. The average Bonchev–Trinajstić information content (AvgIpc) is 3.04. The summed E-state index contributed by atoms with van der Waals surface area (Å²) in [6.45, 7) is 5.45. The predicted molar refractivity (Wildman–Crippen MR) is 101 cm³/mol. The lowest BCUT2D eigenvalue weighted by Crippen LogP contribution is -2.30. The van der Waals surface area contributed by atoms with E-state index < -0.39 is 0 Å². The zero-order chi connectivity index (χ0) is 18.8. The maximum Gasteiger partial charge on any atom is 0.291 e. The van der Waals surface area contributed by atoms with E-state index in [0.717, 1.165) is 42.3 Å². The summed E-state index contributed by atoms with van der Waals surface area (Å²) in [4.78, 5) is 38.8. The van der Waals surface area contributed by atoms with E-state index in [1.54, 1.807) is 26.4 Å². The van der Waals surface area contributed by atoms with Crippen LogP contribution in [0.4, 0.5) is 11.5 Å². The van der Waals surface area contributed by atoms with Crippen LogP contribution in [0.1, 0.15) is 28.3 Å². The molecule has 0 aromatic carbocycles. The SMILES string of the molecule is Cc1nc(C(=O)N(C)C)nc(N2CC[C@@H](Nc3cc[nH]c(=O)c3)C2)c1C. The minimum absolute atomic E-state index is 0.126. The van der Waals surface area contributed by atoms with Gasteiger partial charge in [-0.25, -0.2) is 9.97 Å². The van der Waals surface area contributed by atoms with Crippen LogP contribution in [-0.4, -0.2) is 59.0 Å². The minimum Gasteiger partial charge on any atom is -0.380 e. The Labute approximate surface area is 152 Å². The Balaban J connectivity index is 1.79. The molecular formula is C18H24N6O2. The highest BCUT2D eigenvalue weighted by atomic mass is 16.2. The van der Waals surface area contributed by atoms with Gasteiger partial charge in [0.25, 0.3) is 5.91 Å². The fraction of sp³-hybridized carbons (Fsp3) is 0.444. The van der Waals surface area contributed by atoms with Crippen LogP contribution in [0.15, 0.2) is 23.1 Å². The topological polar surface area (TPSA) is 94.2 Å². The van der Waals surface area contributed by atoms with Gasteiger partial charge in [0.15, 0.2) is 0 Å². The normalized spacial score (nSPS) is 16.6. The van der Waals surface area contributed by atoms with Gasteiger partial charge in [-0.3, -0.25) is 9.59 Å². The number of hydrogen-bond acceptors (Lipinski definition) is 6. The van der Waals surface area contributed by atoms with Gasteiger partial charge in [-0.05, 0) is 26.3 Å². The minimum atomic E-state index is -0.202. The second-order valence-corrected chi connectivity index (χ2v) is 6.80. The summed E-state index contributed by atoms with van der Waals surface area (Å²) in [6.07, 6.45) is 2.56. The number of nitrogens with one attached hydrogen (secondary N) is 2. The molecule has 8 heteroatoms. The first kappa shape index (κ1) is 17.9. The number of nitrogens with zero attached hydrogens (tertiary/aromatic N) is 4. The first-order valence-corrected chi connectivity index (χ1v) is 8.62. The average molecular weight is 356 g/mol. The Hall–Kier alpha value is -2.90. The molecular weight excluding hydrogens is 332 g/mol. The summed E-state index contributed by atoms with van der Waals surface area (Å²) in [5.74, 6) is 0.823. The third kappa shape index (κ3) is 3.68. The molecule has 2 aromatic rings. The van der Waals surface area contributed by atoms with Gasteiger partial charge in [0.05, 0.1) is 0 Å². The standard InChI is InChI=1S/C18H24N6O2/c1-11-12(2)20-16(18(26)23(3)4)22-17(11)24-8-6-14(10-24)21-13-5-7-19-15(25)9-13/h5,7,9,14H,6,8,10H2,1-4H3,(H2,19,21,25)/t14-/m1/s1. The summed E-state index contributed by atoms with van der Waals surface area (Å²) < 4.78 is 0. The molecule has 0 bridgehead atoms. The molecule has 0 saturated carbocycles. The lowest BCUT2D eigenvalue weighted by atomic mass is 10.2. The number of hydrogen-bond donors (Lipinski definition) is 2. The number of pyridine rings is 1. The van der Waals surface area contributed by atoms with Gasteiger partial charge < -0.3 is 20.1 Å².